The average Bonchev–Trinajstić information content (AvgIpc) is 2.95. The van der Waals surface area contributed by atoms with Gasteiger partial charge in [0.25, 0.3) is 0 Å². The fourth-order valence-electron chi connectivity index (χ4n) is 2.37. The van der Waals surface area contributed by atoms with Gasteiger partial charge in [0.15, 0.2) is 0 Å². The van der Waals surface area contributed by atoms with Crippen LogP contribution >= 0.6 is 0 Å². The Kier molecular flexibility index (Phi) is 8.24. The van der Waals surface area contributed by atoms with Crippen LogP contribution in [0.15, 0.2) is 40.7 Å². The molecule has 132 valence electrons. The van der Waals surface area contributed by atoms with E-state index in [1.165, 1.54) is 6.42 Å². The zero-order valence-corrected chi connectivity index (χ0v) is 15.6. The molecule has 24 heavy (non-hydrogen) atoms. The highest BCUT2D eigenvalue weighted by Gasteiger charge is 2.20. The van der Waals surface area contributed by atoms with E-state index < -0.39 is 0 Å². The van der Waals surface area contributed by atoms with Crippen molar-refractivity contribution in [2.24, 2.45) is 5.92 Å². The first kappa shape index (κ1) is 19.9. The minimum atomic E-state index is 0.0486. The number of hydrogen-bond donors (Lipinski definition) is 1. The lowest BCUT2D eigenvalue weighted by atomic mass is 9.83. The monoisotopic (exact) mass is 330 g/mol. The molecular weight excluding hydrogens is 300 g/mol. The van der Waals surface area contributed by atoms with Gasteiger partial charge in [-0.15, -0.1) is 0 Å². The summed E-state index contributed by atoms with van der Waals surface area (Å²) in [4.78, 5) is 16.4. The van der Waals surface area contributed by atoms with E-state index in [-0.39, 0.29) is 5.91 Å². The summed E-state index contributed by atoms with van der Waals surface area (Å²) in [5.41, 5.74) is 3.44. The van der Waals surface area contributed by atoms with Crippen LogP contribution in [0.2, 0.25) is 0 Å². The quantitative estimate of drug-likeness (QED) is 0.731. The number of carbonyl (C=O) groups is 1. The molecule has 1 aliphatic rings. The molecule has 1 aromatic rings. The highest BCUT2D eigenvalue weighted by atomic mass is 16.3. The molecule has 0 saturated heterocycles. The van der Waals surface area contributed by atoms with Crippen LogP contribution in [0.1, 0.15) is 65.0 Å². The van der Waals surface area contributed by atoms with E-state index in [0.717, 1.165) is 29.7 Å². The lowest BCUT2D eigenvalue weighted by molar-refractivity contribution is -0.121. The zero-order chi connectivity index (χ0) is 18.1. The third-order valence-corrected chi connectivity index (χ3v) is 3.89. The van der Waals surface area contributed by atoms with E-state index in [9.17, 15) is 4.79 Å². The van der Waals surface area contributed by atoms with Gasteiger partial charge in [0.2, 0.25) is 11.8 Å². The molecule has 0 unspecified atom stereocenters. The van der Waals surface area contributed by atoms with E-state index in [2.05, 4.69) is 16.9 Å². The van der Waals surface area contributed by atoms with E-state index in [1.54, 1.807) is 12.3 Å². The van der Waals surface area contributed by atoms with E-state index in [1.807, 2.05) is 40.7 Å². The fourth-order valence-corrected chi connectivity index (χ4v) is 2.37. The lowest BCUT2D eigenvalue weighted by Gasteiger charge is -2.24. The van der Waals surface area contributed by atoms with Crippen molar-refractivity contribution in [3.63, 3.8) is 0 Å². The van der Waals surface area contributed by atoms with Crippen molar-refractivity contribution in [1.29, 1.82) is 0 Å². The standard InChI is InChI=1S/C18H24N2O2.C2H6/c1-5-15(20-17(21)9-14-7-6-8-14)10-16(12(2)3)18-19-13(4)11-22-18;1-2/h5,10-11,14H,1,6-9H2,2-4H3,(H,20,21);1-2H3/b15-10+;. The highest BCUT2D eigenvalue weighted by Crippen LogP contribution is 2.29. The summed E-state index contributed by atoms with van der Waals surface area (Å²) in [6.45, 7) is 13.6. The van der Waals surface area contributed by atoms with Gasteiger partial charge in [-0.2, -0.15) is 0 Å². The van der Waals surface area contributed by atoms with Gasteiger partial charge in [0, 0.05) is 17.7 Å². The van der Waals surface area contributed by atoms with Gasteiger partial charge in [-0.3, -0.25) is 4.79 Å². The van der Waals surface area contributed by atoms with Gasteiger partial charge in [-0.1, -0.05) is 32.4 Å². The van der Waals surface area contributed by atoms with E-state index in [0.29, 0.717) is 23.9 Å². The summed E-state index contributed by atoms with van der Waals surface area (Å²) in [5.74, 6) is 1.15. The number of amides is 1. The summed E-state index contributed by atoms with van der Waals surface area (Å²) in [7, 11) is 0. The molecule has 0 spiro atoms. The van der Waals surface area contributed by atoms with E-state index >= 15 is 0 Å². The second-order valence-corrected chi connectivity index (χ2v) is 6.06. The smallest absolute Gasteiger partial charge is 0.226 e. The number of nitrogens with zero attached hydrogens (tertiary/aromatic N) is 1. The third-order valence-electron chi connectivity index (χ3n) is 3.89. The topological polar surface area (TPSA) is 55.1 Å². The fraction of sp³-hybridized carbons (Fsp3) is 0.500. The lowest BCUT2D eigenvalue weighted by Crippen LogP contribution is -2.26. The Bertz CT molecular complexity index is 615. The van der Waals surface area contributed by atoms with Gasteiger partial charge in [0.05, 0.1) is 5.69 Å². The minimum absolute atomic E-state index is 0.0486. The molecule has 1 aliphatic carbocycles. The molecule has 1 aromatic heterocycles. The molecule has 0 radical (unpaired) electrons. The summed E-state index contributed by atoms with van der Waals surface area (Å²) >= 11 is 0. The number of carbonyl (C=O) groups excluding carboxylic acids is 1. The van der Waals surface area contributed by atoms with Crippen LogP contribution in [-0.2, 0) is 4.79 Å². The number of aromatic nitrogens is 1. The predicted molar refractivity (Wildman–Crippen MR) is 99.2 cm³/mol. The largest absolute Gasteiger partial charge is 0.444 e. The molecule has 1 fully saturated rings. The molecule has 1 heterocycles. The molecule has 4 heteroatoms. The van der Waals surface area contributed by atoms with Gasteiger partial charge in [0.1, 0.15) is 6.26 Å². The Hall–Kier alpha value is -2.10. The first-order valence-corrected chi connectivity index (χ1v) is 8.73. The average molecular weight is 330 g/mol. The van der Waals surface area contributed by atoms with Crippen molar-refractivity contribution in [2.75, 3.05) is 0 Å². The molecular formula is C20H30N2O2. The van der Waals surface area contributed by atoms with Crippen molar-refractivity contribution >= 4 is 11.5 Å². The van der Waals surface area contributed by atoms with Crippen molar-refractivity contribution < 1.29 is 9.21 Å². The molecule has 1 N–H and O–H groups in total. The predicted octanol–water partition coefficient (Wildman–Crippen LogP) is 5.18. The van der Waals surface area contributed by atoms with Gasteiger partial charge in [-0.25, -0.2) is 4.98 Å². The van der Waals surface area contributed by atoms with Crippen LogP contribution in [0.5, 0.6) is 0 Å². The Balaban J connectivity index is 0.00000139. The number of hydrogen-bond acceptors (Lipinski definition) is 3. The number of oxazole rings is 1. The Labute approximate surface area is 145 Å². The molecule has 0 aromatic carbocycles. The normalized spacial score (nSPS) is 14.1. The molecule has 4 nitrogen and oxygen atoms in total. The molecule has 0 bridgehead atoms. The van der Waals surface area contributed by atoms with Crippen molar-refractivity contribution in [2.45, 2.75) is 60.3 Å². The van der Waals surface area contributed by atoms with Crippen molar-refractivity contribution in [3.05, 3.63) is 47.8 Å². The number of nitrogens with one attached hydrogen (secondary N) is 1. The zero-order valence-electron chi connectivity index (χ0n) is 15.6. The molecule has 0 aliphatic heterocycles. The third kappa shape index (κ3) is 5.84. The summed E-state index contributed by atoms with van der Waals surface area (Å²) < 4.78 is 5.47. The van der Waals surface area contributed by atoms with Crippen LogP contribution in [0, 0.1) is 12.8 Å². The maximum absolute atomic E-state index is 12.1. The number of aryl methyl sites for hydroxylation is 1. The number of rotatable bonds is 6. The summed E-state index contributed by atoms with van der Waals surface area (Å²) in [6.07, 6.45) is 9.30. The molecule has 2 rings (SSSR count). The SMILES string of the molecule is C=C/C(=C\C(=C(C)C)c1nc(C)co1)NC(=O)CC1CCC1.CC. The number of allylic oxidation sites excluding steroid dienone is 4. The van der Waals surface area contributed by atoms with Gasteiger partial charge < -0.3 is 9.73 Å². The molecule has 0 atom stereocenters. The first-order chi connectivity index (χ1) is 11.5. The van der Waals surface area contributed by atoms with Crippen LogP contribution < -0.4 is 5.32 Å². The first-order valence-electron chi connectivity index (χ1n) is 8.73. The molecule has 1 amide bonds. The minimum Gasteiger partial charge on any atom is -0.444 e. The Morgan fingerprint density at radius 2 is 2.08 bits per heavy atom. The maximum Gasteiger partial charge on any atom is 0.226 e. The Morgan fingerprint density at radius 3 is 2.50 bits per heavy atom. The second kappa shape index (κ2) is 9.91. The Morgan fingerprint density at radius 1 is 1.42 bits per heavy atom. The maximum atomic E-state index is 12.1. The second-order valence-electron chi connectivity index (χ2n) is 6.06. The summed E-state index contributed by atoms with van der Waals surface area (Å²) in [6, 6.07) is 0. The van der Waals surface area contributed by atoms with Crippen LogP contribution in [0.25, 0.3) is 5.57 Å². The summed E-state index contributed by atoms with van der Waals surface area (Å²) in [5, 5.41) is 2.93. The van der Waals surface area contributed by atoms with Crippen LogP contribution in [0.3, 0.4) is 0 Å². The van der Waals surface area contributed by atoms with Crippen LogP contribution in [-0.4, -0.2) is 10.9 Å². The van der Waals surface area contributed by atoms with Crippen molar-refractivity contribution in [1.82, 2.24) is 10.3 Å². The van der Waals surface area contributed by atoms with E-state index in [4.69, 9.17) is 4.42 Å². The van der Waals surface area contributed by atoms with Gasteiger partial charge >= 0.3 is 0 Å². The van der Waals surface area contributed by atoms with Crippen molar-refractivity contribution in [3.8, 4) is 0 Å². The molecule has 1 saturated carbocycles. The van der Waals surface area contributed by atoms with Gasteiger partial charge in [-0.05, 0) is 51.7 Å². The van der Waals surface area contributed by atoms with Crippen LogP contribution in [0.4, 0.5) is 0 Å². The highest BCUT2D eigenvalue weighted by molar-refractivity contribution is 5.80.